The summed E-state index contributed by atoms with van der Waals surface area (Å²) in [4.78, 5) is 14.5. The van der Waals surface area contributed by atoms with Crippen LogP contribution in [0.5, 0.6) is 0 Å². The Balaban J connectivity index is 2.80. The Morgan fingerprint density at radius 1 is 1.28 bits per heavy atom. The third-order valence-electron chi connectivity index (χ3n) is 3.45. The minimum Gasteiger partial charge on any atom is -0.383 e. The summed E-state index contributed by atoms with van der Waals surface area (Å²) in [6.07, 6.45) is 1.03. The standard InChI is InChI=1S/C14H28N2O2/c1-9(2)7-12-14(17)16(11(5)8-18-6)13(15-12)10(3)4/h9-13,15H,7-8H2,1-6H3. The molecule has 1 aliphatic heterocycles. The Morgan fingerprint density at radius 2 is 1.89 bits per heavy atom. The van der Waals surface area contributed by atoms with Crippen LogP contribution in [0.1, 0.15) is 41.0 Å². The molecule has 1 N–H and O–H groups in total. The van der Waals surface area contributed by atoms with E-state index in [0.717, 1.165) is 6.42 Å². The van der Waals surface area contributed by atoms with Crippen molar-refractivity contribution in [2.75, 3.05) is 13.7 Å². The summed E-state index contributed by atoms with van der Waals surface area (Å²) >= 11 is 0. The van der Waals surface area contributed by atoms with Gasteiger partial charge in [-0.2, -0.15) is 0 Å². The number of rotatable bonds is 6. The number of carbonyl (C=O) groups excluding carboxylic acids is 1. The Kier molecular flexibility index (Phi) is 5.60. The lowest BCUT2D eigenvalue weighted by atomic mass is 10.0. The highest BCUT2D eigenvalue weighted by atomic mass is 16.5. The number of amides is 1. The average molecular weight is 256 g/mol. The molecule has 4 heteroatoms. The summed E-state index contributed by atoms with van der Waals surface area (Å²) in [5, 5.41) is 3.48. The first-order valence-corrected chi connectivity index (χ1v) is 6.95. The van der Waals surface area contributed by atoms with Crippen LogP contribution in [0.2, 0.25) is 0 Å². The molecule has 0 bridgehead atoms. The van der Waals surface area contributed by atoms with Crippen molar-refractivity contribution in [1.29, 1.82) is 0 Å². The van der Waals surface area contributed by atoms with Crippen LogP contribution >= 0.6 is 0 Å². The van der Waals surface area contributed by atoms with Crippen LogP contribution in [0.15, 0.2) is 0 Å². The molecule has 18 heavy (non-hydrogen) atoms. The third-order valence-corrected chi connectivity index (χ3v) is 3.45. The van der Waals surface area contributed by atoms with E-state index in [-0.39, 0.29) is 24.2 Å². The van der Waals surface area contributed by atoms with Crippen LogP contribution in [0.3, 0.4) is 0 Å². The van der Waals surface area contributed by atoms with Crippen LogP contribution in [0, 0.1) is 11.8 Å². The summed E-state index contributed by atoms with van der Waals surface area (Å²) in [7, 11) is 1.68. The number of carbonyl (C=O) groups is 1. The minimum absolute atomic E-state index is 0.0308. The van der Waals surface area contributed by atoms with Gasteiger partial charge < -0.3 is 9.64 Å². The first-order valence-electron chi connectivity index (χ1n) is 6.95. The van der Waals surface area contributed by atoms with E-state index in [1.54, 1.807) is 7.11 Å². The van der Waals surface area contributed by atoms with Gasteiger partial charge in [0.2, 0.25) is 5.91 Å². The summed E-state index contributed by atoms with van der Waals surface area (Å²) in [5.41, 5.74) is 0. The molecule has 0 radical (unpaired) electrons. The normalized spacial score (nSPS) is 26.4. The molecule has 1 amide bonds. The number of ether oxygens (including phenoxy) is 1. The molecule has 4 nitrogen and oxygen atoms in total. The molecule has 1 fully saturated rings. The third kappa shape index (κ3) is 3.45. The molecule has 3 unspecified atom stereocenters. The largest absolute Gasteiger partial charge is 0.383 e. The van der Waals surface area contributed by atoms with Gasteiger partial charge in [0.05, 0.1) is 24.9 Å². The molecular formula is C14H28N2O2. The lowest BCUT2D eigenvalue weighted by molar-refractivity contribution is -0.133. The molecule has 0 aromatic heterocycles. The second kappa shape index (κ2) is 6.53. The number of nitrogens with one attached hydrogen (secondary N) is 1. The van der Waals surface area contributed by atoms with E-state index in [0.29, 0.717) is 18.4 Å². The minimum atomic E-state index is -0.0308. The van der Waals surface area contributed by atoms with Crippen molar-refractivity contribution in [3.63, 3.8) is 0 Å². The van der Waals surface area contributed by atoms with Crippen molar-refractivity contribution >= 4 is 5.91 Å². The van der Waals surface area contributed by atoms with Crippen LogP contribution in [0.4, 0.5) is 0 Å². The first-order chi connectivity index (χ1) is 8.38. The van der Waals surface area contributed by atoms with Crippen molar-refractivity contribution in [1.82, 2.24) is 10.2 Å². The monoisotopic (exact) mass is 256 g/mol. The topological polar surface area (TPSA) is 41.6 Å². The zero-order valence-corrected chi connectivity index (χ0v) is 12.6. The summed E-state index contributed by atoms with van der Waals surface area (Å²) in [6, 6.07) is 0.0938. The van der Waals surface area contributed by atoms with Crippen molar-refractivity contribution in [3.8, 4) is 0 Å². The van der Waals surface area contributed by atoms with E-state index in [1.807, 2.05) is 4.90 Å². The van der Waals surface area contributed by atoms with Crippen LogP contribution < -0.4 is 5.32 Å². The molecule has 1 saturated heterocycles. The Morgan fingerprint density at radius 3 is 2.33 bits per heavy atom. The zero-order valence-electron chi connectivity index (χ0n) is 12.6. The molecule has 0 aromatic carbocycles. The summed E-state index contributed by atoms with van der Waals surface area (Å²) in [5.74, 6) is 1.16. The van der Waals surface area contributed by atoms with E-state index < -0.39 is 0 Å². The quantitative estimate of drug-likeness (QED) is 0.788. The van der Waals surface area contributed by atoms with Gasteiger partial charge in [0.15, 0.2) is 0 Å². The second-order valence-corrected chi connectivity index (χ2v) is 6.09. The lowest BCUT2D eigenvalue weighted by Crippen LogP contribution is -2.47. The van der Waals surface area contributed by atoms with Gasteiger partial charge >= 0.3 is 0 Å². The van der Waals surface area contributed by atoms with Crippen molar-refractivity contribution in [3.05, 3.63) is 0 Å². The molecule has 106 valence electrons. The van der Waals surface area contributed by atoms with Gasteiger partial charge in [0, 0.05) is 7.11 Å². The molecule has 1 heterocycles. The SMILES string of the molecule is COCC(C)N1C(=O)C(CC(C)C)NC1C(C)C. The molecule has 0 spiro atoms. The highest BCUT2D eigenvalue weighted by molar-refractivity contribution is 5.84. The fraction of sp³-hybridized carbons (Fsp3) is 0.929. The van der Waals surface area contributed by atoms with E-state index >= 15 is 0 Å². The number of nitrogens with zero attached hydrogens (tertiary/aromatic N) is 1. The molecule has 1 aliphatic rings. The van der Waals surface area contributed by atoms with Crippen LogP contribution in [-0.2, 0) is 9.53 Å². The van der Waals surface area contributed by atoms with Gasteiger partial charge in [0.1, 0.15) is 0 Å². The fourth-order valence-electron chi connectivity index (χ4n) is 2.64. The van der Waals surface area contributed by atoms with Gasteiger partial charge in [-0.25, -0.2) is 0 Å². The maximum absolute atomic E-state index is 12.5. The van der Waals surface area contributed by atoms with E-state index in [9.17, 15) is 4.79 Å². The van der Waals surface area contributed by atoms with E-state index in [4.69, 9.17) is 4.74 Å². The Bertz CT molecular complexity index is 279. The van der Waals surface area contributed by atoms with Crippen molar-refractivity contribution in [2.45, 2.75) is 59.3 Å². The molecule has 0 aliphatic carbocycles. The number of hydrogen-bond donors (Lipinski definition) is 1. The maximum Gasteiger partial charge on any atom is 0.241 e. The van der Waals surface area contributed by atoms with Gasteiger partial charge in [-0.1, -0.05) is 27.7 Å². The summed E-state index contributed by atoms with van der Waals surface area (Å²) in [6.45, 7) is 11.2. The number of hydrogen-bond acceptors (Lipinski definition) is 3. The Labute approximate surface area is 111 Å². The zero-order chi connectivity index (χ0) is 13.9. The maximum atomic E-state index is 12.5. The van der Waals surface area contributed by atoms with Gasteiger partial charge in [-0.15, -0.1) is 0 Å². The second-order valence-electron chi connectivity index (χ2n) is 6.09. The average Bonchev–Trinajstić information content (AvgIpc) is 2.56. The van der Waals surface area contributed by atoms with Gasteiger partial charge in [0.25, 0.3) is 0 Å². The fourth-order valence-corrected chi connectivity index (χ4v) is 2.64. The number of methoxy groups -OCH3 is 1. The molecule has 0 aromatic rings. The van der Waals surface area contributed by atoms with Crippen molar-refractivity contribution in [2.24, 2.45) is 11.8 Å². The van der Waals surface area contributed by atoms with Crippen molar-refractivity contribution < 1.29 is 9.53 Å². The predicted molar refractivity (Wildman–Crippen MR) is 73.2 cm³/mol. The first kappa shape index (κ1) is 15.4. The van der Waals surface area contributed by atoms with Gasteiger partial charge in [-0.3, -0.25) is 10.1 Å². The molecule has 1 rings (SSSR count). The van der Waals surface area contributed by atoms with Gasteiger partial charge in [-0.05, 0) is 25.2 Å². The summed E-state index contributed by atoms with van der Waals surface area (Å²) < 4.78 is 5.19. The molecular weight excluding hydrogens is 228 g/mol. The molecule has 0 saturated carbocycles. The van der Waals surface area contributed by atoms with Crippen LogP contribution in [0.25, 0.3) is 0 Å². The Hall–Kier alpha value is -0.610. The highest BCUT2D eigenvalue weighted by Gasteiger charge is 2.42. The predicted octanol–water partition coefficient (Wildman–Crippen LogP) is 1.85. The van der Waals surface area contributed by atoms with Crippen LogP contribution in [-0.4, -0.2) is 42.8 Å². The smallest absolute Gasteiger partial charge is 0.241 e. The van der Waals surface area contributed by atoms with E-state index in [1.165, 1.54) is 0 Å². The lowest BCUT2D eigenvalue weighted by Gasteiger charge is -2.32. The molecule has 3 atom stereocenters. The highest BCUT2D eigenvalue weighted by Crippen LogP contribution is 2.23. The van der Waals surface area contributed by atoms with E-state index in [2.05, 4.69) is 39.9 Å².